The van der Waals surface area contributed by atoms with E-state index in [0.29, 0.717) is 5.76 Å². The summed E-state index contributed by atoms with van der Waals surface area (Å²) in [6.07, 6.45) is 5.80. The first-order chi connectivity index (χ1) is 6.90. The van der Waals surface area contributed by atoms with Gasteiger partial charge in [-0.15, -0.1) is 0 Å². The van der Waals surface area contributed by atoms with Gasteiger partial charge in [-0.05, 0) is 18.9 Å². The van der Waals surface area contributed by atoms with E-state index in [1.54, 1.807) is 6.07 Å². The Morgan fingerprint density at radius 1 is 1.14 bits per heavy atom. The molecule has 2 heterocycles. The summed E-state index contributed by atoms with van der Waals surface area (Å²) in [4.78, 5) is 12.7. The molecule has 0 spiro atoms. The molecule has 0 amide bonds. The minimum absolute atomic E-state index is 0.421. The number of furan rings is 1. The second kappa shape index (κ2) is 4.31. The average Bonchev–Trinajstić information content (AvgIpc) is 2.53. The molecule has 0 radical (unpaired) electrons. The van der Waals surface area contributed by atoms with Crippen molar-refractivity contribution < 1.29 is 9.21 Å². The van der Waals surface area contributed by atoms with E-state index in [2.05, 4.69) is 4.90 Å². The fourth-order valence-corrected chi connectivity index (χ4v) is 1.87. The highest BCUT2D eigenvalue weighted by molar-refractivity contribution is 5.71. The molecule has 1 aromatic rings. The van der Waals surface area contributed by atoms with Gasteiger partial charge in [0, 0.05) is 19.2 Å². The van der Waals surface area contributed by atoms with Crippen LogP contribution in [0.1, 0.15) is 36.2 Å². The number of hydrogen-bond acceptors (Lipinski definition) is 3. The van der Waals surface area contributed by atoms with Gasteiger partial charge in [0.1, 0.15) is 0 Å². The van der Waals surface area contributed by atoms with Gasteiger partial charge in [-0.25, -0.2) is 0 Å². The molecule has 14 heavy (non-hydrogen) atoms. The topological polar surface area (TPSA) is 33.5 Å². The molecule has 2 rings (SSSR count). The molecule has 0 aliphatic carbocycles. The van der Waals surface area contributed by atoms with Gasteiger partial charge in [0.25, 0.3) is 0 Å². The van der Waals surface area contributed by atoms with Crippen LogP contribution in [-0.4, -0.2) is 19.4 Å². The number of rotatable bonds is 2. The summed E-state index contributed by atoms with van der Waals surface area (Å²) in [6, 6.07) is 3.61. The molecule has 1 saturated heterocycles. The summed E-state index contributed by atoms with van der Waals surface area (Å²) in [5, 5.41) is 0. The molecular formula is C11H15NO2. The van der Waals surface area contributed by atoms with Crippen LogP contribution in [-0.2, 0) is 0 Å². The van der Waals surface area contributed by atoms with Gasteiger partial charge in [0.05, 0.1) is 0 Å². The molecule has 1 aliphatic heterocycles. The van der Waals surface area contributed by atoms with Gasteiger partial charge in [-0.3, -0.25) is 4.79 Å². The van der Waals surface area contributed by atoms with Crippen molar-refractivity contribution >= 4 is 12.2 Å². The number of carbonyl (C=O) groups excluding carboxylic acids is 1. The Morgan fingerprint density at radius 3 is 2.43 bits per heavy atom. The summed E-state index contributed by atoms with van der Waals surface area (Å²) >= 11 is 0. The van der Waals surface area contributed by atoms with Crippen LogP contribution in [0.5, 0.6) is 0 Å². The highest BCUT2D eigenvalue weighted by atomic mass is 16.4. The molecule has 1 aliphatic rings. The molecular weight excluding hydrogens is 178 g/mol. The highest BCUT2D eigenvalue weighted by Gasteiger charge is 2.12. The third-order valence-corrected chi connectivity index (χ3v) is 2.65. The normalized spacial score (nSPS) is 17.9. The van der Waals surface area contributed by atoms with Crippen LogP contribution in [0.25, 0.3) is 0 Å². The van der Waals surface area contributed by atoms with Gasteiger partial charge < -0.3 is 9.32 Å². The van der Waals surface area contributed by atoms with E-state index in [-0.39, 0.29) is 0 Å². The zero-order valence-electron chi connectivity index (χ0n) is 8.24. The molecule has 3 nitrogen and oxygen atoms in total. The van der Waals surface area contributed by atoms with Crippen LogP contribution in [0.3, 0.4) is 0 Å². The third kappa shape index (κ3) is 1.97. The number of aldehydes is 1. The molecule has 0 saturated carbocycles. The second-order valence-corrected chi connectivity index (χ2v) is 3.70. The van der Waals surface area contributed by atoms with Crippen LogP contribution >= 0.6 is 0 Å². The Labute approximate surface area is 83.7 Å². The Bertz CT molecular complexity index is 298. The quantitative estimate of drug-likeness (QED) is 0.676. The zero-order chi connectivity index (χ0) is 9.80. The number of hydrogen-bond donors (Lipinski definition) is 0. The summed E-state index contributed by atoms with van der Waals surface area (Å²) in [6.45, 7) is 2.09. The second-order valence-electron chi connectivity index (χ2n) is 3.70. The molecule has 0 N–H and O–H groups in total. The Kier molecular flexibility index (Phi) is 2.87. The lowest BCUT2D eigenvalue weighted by atomic mass is 10.2. The van der Waals surface area contributed by atoms with Gasteiger partial charge >= 0.3 is 0 Å². The van der Waals surface area contributed by atoms with Crippen molar-refractivity contribution in [3.8, 4) is 0 Å². The first-order valence-electron chi connectivity index (χ1n) is 5.20. The lowest BCUT2D eigenvalue weighted by Gasteiger charge is -2.18. The number of nitrogens with zero attached hydrogens (tertiary/aromatic N) is 1. The van der Waals surface area contributed by atoms with E-state index in [1.165, 1.54) is 25.7 Å². The van der Waals surface area contributed by atoms with Crippen molar-refractivity contribution in [3.63, 3.8) is 0 Å². The molecule has 1 aromatic heterocycles. The molecule has 0 bridgehead atoms. The predicted octanol–water partition coefficient (Wildman–Crippen LogP) is 2.47. The van der Waals surface area contributed by atoms with Crippen LogP contribution in [0.15, 0.2) is 16.5 Å². The number of carbonyl (C=O) groups is 1. The van der Waals surface area contributed by atoms with Crippen LogP contribution < -0.4 is 4.90 Å². The van der Waals surface area contributed by atoms with Crippen LogP contribution in [0, 0.1) is 0 Å². The maximum Gasteiger partial charge on any atom is 0.196 e. The summed E-state index contributed by atoms with van der Waals surface area (Å²) in [7, 11) is 0. The van der Waals surface area contributed by atoms with Crippen molar-refractivity contribution in [3.05, 3.63) is 17.9 Å². The van der Waals surface area contributed by atoms with E-state index in [1.807, 2.05) is 6.07 Å². The highest BCUT2D eigenvalue weighted by Crippen LogP contribution is 2.21. The molecule has 1 fully saturated rings. The molecule has 76 valence electrons. The van der Waals surface area contributed by atoms with Crippen molar-refractivity contribution in [2.75, 3.05) is 18.0 Å². The standard InChI is InChI=1S/C11H15NO2/c13-9-10-5-6-11(14-10)12-7-3-1-2-4-8-12/h5-6,9H,1-4,7-8H2. The Morgan fingerprint density at radius 2 is 1.86 bits per heavy atom. The van der Waals surface area contributed by atoms with Gasteiger partial charge in [-0.1, -0.05) is 12.8 Å². The fraction of sp³-hybridized carbons (Fsp3) is 0.545. The van der Waals surface area contributed by atoms with Gasteiger partial charge in [0.15, 0.2) is 17.9 Å². The predicted molar refractivity (Wildman–Crippen MR) is 54.8 cm³/mol. The first-order valence-corrected chi connectivity index (χ1v) is 5.20. The summed E-state index contributed by atoms with van der Waals surface area (Å²) in [5.74, 6) is 1.26. The first kappa shape index (κ1) is 9.31. The number of anilines is 1. The van der Waals surface area contributed by atoms with Gasteiger partial charge in [0.2, 0.25) is 0 Å². The monoisotopic (exact) mass is 193 g/mol. The molecule has 3 heteroatoms. The minimum atomic E-state index is 0.421. The van der Waals surface area contributed by atoms with E-state index in [4.69, 9.17) is 4.42 Å². The average molecular weight is 193 g/mol. The Balaban J connectivity index is 2.08. The summed E-state index contributed by atoms with van der Waals surface area (Å²) < 4.78 is 5.39. The van der Waals surface area contributed by atoms with Crippen LogP contribution in [0.2, 0.25) is 0 Å². The van der Waals surface area contributed by atoms with E-state index in [0.717, 1.165) is 25.3 Å². The van der Waals surface area contributed by atoms with E-state index < -0.39 is 0 Å². The molecule has 0 atom stereocenters. The largest absolute Gasteiger partial charge is 0.438 e. The lowest BCUT2D eigenvalue weighted by Crippen LogP contribution is -2.23. The van der Waals surface area contributed by atoms with E-state index >= 15 is 0 Å². The van der Waals surface area contributed by atoms with Crippen LogP contribution in [0.4, 0.5) is 5.88 Å². The van der Waals surface area contributed by atoms with Crippen molar-refractivity contribution in [1.82, 2.24) is 0 Å². The maximum atomic E-state index is 10.5. The maximum absolute atomic E-state index is 10.5. The van der Waals surface area contributed by atoms with E-state index in [9.17, 15) is 4.79 Å². The lowest BCUT2D eigenvalue weighted by molar-refractivity contribution is 0.110. The zero-order valence-corrected chi connectivity index (χ0v) is 8.24. The van der Waals surface area contributed by atoms with Crippen molar-refractivity contribution in [2.45, 2.75) is 25.7 Å². The molecule has 0 aromatic carbocycles. The Hall–Kier alpha value is -1.25. The summed E-state index contributed by atoms with van der Waals surface area (Å²) in [5.41, 5.74) is 0. The minimum Gasteiger partial charge on any atom is -0.438 e. The fourth-order valence-electron chi connectivity index (χ4n) is 1.87. The van der Waals surface area contributed by atoms with Crippen molar-refractivity contribution in [1.29, 1.82) is 0 Å². The smallest absolute Gasteiger partial charge is 0.196 e. The SMILES string of the molecule is O=Cc1ccc(N2CCCCCC2)o1. The molecule has 0 unspecified atom stereocenters. The van der Waals surface area contributed by atoms with Crippen molar-refractivity contribution in [2.24, 2.45) is 0 Å². The third-order valence-electron chi connectivity index (χ3n) is 2.65. The van der Waals surface area contributed by atoms with Gasteiger partial charge in [-0.2, -0.15) is 0 Å².